The molecule has 0 radical (unpaired) electrons. The fourth-order valence-corrected chi connectivity index (χ4v) is 3.58. The van der Waals surface area contributed by atoms with Crippen molar-refractivity contribution in [2.24, 2.45) is 5.41 Å². The molecule has 164 valence electrons. The maximum atomic E-state index is 12.4. The number of anilines is 2. The van der Waals surface area contributed by atoms with Crippen LogP contribution in [0, 0.1) is 15.5 Å². The van der Waals surface area contributed by atoms with Gasteiger partial charge >= 0.3 is 0 Å². The minimum atomic E-state index is -0.622. The van der Waals surface area contributed by atoms with Gasteiger partial charge in [-0.25, -0.2) is 0 Å². The van der Waals surface area contributed by atoms with Gasteiger partial charge in [0, 0.05) is 54.6 Å². The summed E-state index contributed by atoms with van der Waals surface area (Å²) in [7, 11) is 0. The Hall–Kier alpha value is -3.13. The van der Waals surface area contributed by atoms with Crippen LogP contribution in [0.15, 0.2) is 42.5 Å². The molecule has 1 fully saturated rings. The highest BCUT2D eigenvalue weighted by molar-refractivity contribution is 6.32. The number of rotatable bonds is 4. The molecule has 31 heavy (non-hydrogen) atoms. The van der Waals surface area contributed by atoms with Gasteiger partial charge in [0.25, 0.3) is 11.6 Å². The third-order valence-corrected chi connectivity index (χ3v) is 5.42. The summed E-state index contributed by atoms with van der Waals surface area (Å²) in [5.74, 6) is -0.297. The molecule has 0 unspecified atom stereocenters. The Bertz CT molecular complexity index is 994. The number of carbonyl (C=O) groups is 2. The molecule has 0 bridgehead atoms. The number of hydrogen-bond donors (Lipinski definition) is 1. The zero-order chi connectivity index (χ0) is 22.8. The van der Waals surface area contributed by atoms with E-state index in [1.807, 2.05) is 37.8 Å². The van der Waals surface area contributed by atoms with Gasteiger partial charge in [0.1, 0.15) is 5.02 Å². The molecule has 1 N–H and O–H groups in total. The number of nitrogens with one attached hydrogen (secondary N) is 1. The van der Waals surface area contributed by atoms with E-state index in [0.29, 0.717) is 18.8 Å². The maximum absolute atomic E-state index is 12.4. The summed E-state index contributed by atoms with van der Waals surface area (Å²) in [4.78, 5) is 39.4. The van der Waals surface area contributed by atoms with Gasteiger partial charge in [-0.1, -0.05) is 32.4 Å². The largest absolute Gasteiger partial charge is 0.368 e. The second kappa shape index (κ2) is 8.93. The van der Waals surface area contributed by atoms with Crippen LogP contribution in [0.5, 0.6) is 0 Å². The molecule has 1 aliphatic rings. The summed E-state index contributed by atoms with van der Waals surface area (Å²) in [6, 6.07) is 11.3. The number of benzene rings is 2. The predicted octanol–water partition coefficient (Wildman–Crippen LogP) is 4.20. The summed E-state index contributed by atoms with van der Waals surface area (Å²) in [5, 5.41) is 13.7. The van der Waals surface area contributed by atoms with Crippen molar-refractivity contribution in [2.45, 2.75) is 20.8 Å². The van der Waals surface area contributed by atoms with E-state index in [-0.39, 0.29) is 27.6 Å². The Morgan fingerprint density at radius 3 is 2.19 bits per heavy atom. The molecule has 0 atom stereocenters. The molecule has 3 rings (SSSR count). The van der Waals surface area contributed by atoms with Crippen molar-refractivity contribution in [1.29, 1.82) is 0 Å². The lowest BCUT2D eigenvalue weighted by Crippen LogP contribution is -2.51. The van der Waals surface area contributed by atoms with Gasteiger partial charge in [-0.3, -0.25) is 19.7 Å². The number of hydrogen-bond acceptors (Lipinski definition) is 5. The Morgan fingerprint density at radius 1 is 1.03 bits per heavy atom. The second-order valence-corrected chi connectivity index (χ2v) is 8.86. The summed E-state index contributed by atoms with van der Waals surface area (Å²) in [5.41, 5.74) is 1.04. The van der Waals surface area contributed by atoms with Crippen LogP contribution < -0.4 is 10.2 Å². The van der Waals surface area contributed by atoms with Gasteiger partial charge in [-0.15, -0.1) is 0 Å². The number of nitro groups is 1. The standard InChI is InChI=1S/C22H25ClN4O4/c1-22(2,3)21(29)26-12-10-25(11-13-26)17-7-5-16(6-8-17)24-20(28)15-4-9-18(23)19(14-15)27(30)31/h4-9,14H,10-13H2,1-3H3,(H,24,28). The van der Waals surface area contributed by atoms with Crippen LogP contribution in [0.1, 0.15) is 31.1 Å². The van der Waals surface area contributed by atoms with Crippen molar-refractivity contribution < 1.29 is 14.5 Å². The van der Waals surface area contributed by atoms with Gasteiger partial charge in [0.05, 0.1) is 4.92 Å². The minimum Gasteiger partial charge on any atom is -0.368 e. The molecule has 1 aliphatic heterocycles. The van der Waals surface area contributed by atoms with E-state index in [2.05, 4.69) is 10.2 Å². The van der Waals surface area contributed by atoms with Crippen molar-refractivity contribution in [3.05, 3.63) is 63.2 Å². The van der Waals surface area contributed by atoms with E-state index in [4.69, 9.17) is 11.6 Å². The third kappa shape index (κ3) is 5.32. The fraction of sp³-hybridized carbons (Fsp3) is 0.364. The van der Waals surface area contributed by atoms with E-state index in [1.165, 1.54) is 12.1 Å². The van der Waals surface area contributed by atoms with Crippen LogP contribution in [0.25, 0.3) is 0 Å². The highest BCUT2D eigenvalue weighted by Gasteiger charge is 2.29. The Morgan fingerprint density at radius 2 is 1.65 bits per heavy atom. The van der Waals surface area contributed by atoms with Crippen molar-refractivity contribution >= 4 is 40.5 Å². The van der Waals surface area contributed by atoms with E-state index >= 15 is 0 Å². The first-order chi connectivity index (χ1) is 14.6. The summed E-state index contributed by atoms with van der Waals surface area (Å²) < 4.78 is 0. The highest BCUT2D eigenvalue weighted by atomic mass is 35.5. The van der Waals surface area contributed by atoms with Crippen LogP contribution in [0.2, 0.25) is 5.02 Å². The number of nitrogens with zero attached hydrogens (tertiary/aromatic N) is 3. The van der Waals surface area contributed by atoms with E-state index in [1.54, 1.807) is 12.1 Å². The lowest BCUT2D eigenvalue weighted by molar-refractivity contribution is -0.384. The topological polar surface area (TPSA) is 95.8 Å². The summed E-state index contributed by atoms with van der Waals surface area (Å²) in [6.07, 6.45) is 0. The van der Waals surface area contributed by atoms with Crippen molar-refractivity contribution in [3.8, 4) is 0 Å². The van der Waals surface area contributed by atoms with Gasteiger partial charge in [0.2, 0.25) is 5.91 Å². The summed E-state index contributed by atoms with van der Waals surface area (Å²) in [6.45, 7) is 8.60. The van der Waals surface area contributed by atoms with E-state index < -0.39 is 10.8 Å². The first kappa shape index (κ1) is 22.6. The molecule has 0 aromatic heterocycles. The normalized spacial score (nSPS) is 14.3. The second-order valence-electron chi connectivity index (χ2n) is 8.45. The third-order valence-electron chi connectivity index (χ3n) is 5.10. The first-order valence-corrected chi connectivity index (χ1v) is 10.3. The van der Waals surface area contributed by atoms with Crippen LogP contribution in [-0.2, 0) is 4.79 Å². The lowest BCUT2D eigenvalue weighted by Gasteiger charge is -2.38. The van der Waals surface area contributed by atoms with E-state index in [0.717, 1.165) is 24.8 Å². The fourth-order valence-electron chi connectivity index (χ4n) is 3.39. The SMILES string of the molecule is CC(C)(C)C(=O)N1CCN(c2ccc(NC(=O)c3ccc(Cl)c([N+](=O)[O-])c3)cc2)CC1. The average Bonchev–Trinajstić information content (AvgIpc) is 2.73. The maximum Gasteiger partial charge on any atom is 0.288 e. The molecule has 2 aromatic carbocycles. The van der Waals surface area contributed by atoms with Crippen LogP contribution in [-0.4, -0.2) is 47.8 Å². The Balaban J connectivity index is 1.61. The highest BCUT2D eigenvalue weighted by Crippen LogP contribution is 2.26. The summed E-state index contributed by atoms with van der Waals surface area (Å²) >= 11 is 5.80. The molecule has 2 aromatic rings. The molecule has 1 saturated heterocycles. The molecular weight excluding hydrogens is 420 g/mol. The number of carbonyl (C=O) groups excluding carboxylic acids is 2. The zero-order valence-corrected chi connectivity index (χ0v) is 18.5. The van der Waals surface area contributed by atoms with Crippen molar-refractivity contribution in [1.82, 2.24) is 4.90 Å². The minimum absolute atomic E-state index is 0.0183. The smallest absolute Gasteiger partial charge is 0.288 e. The number of halogens is 1. The molecule has 1 heterocycles. The number of amides is 2. The molecule has 2 amide bonds. The molecule has 0 saturated carbocycles. The quantitative estimate of drug-likeness (QED) is 0.563. The van der Waals surface area contributed by atoms with Gasteiger partial charge in [0.15, 0.2) is 0 Å². The Kier molecular flexibility index (Phi) is 6.50. The first-order valence-electron chi connectivity index (χ1n) is 9.96. The van der Waals surface area contributed by atoms with Gasteiger partial charge < -0.3 is 15.1 Å². The number of nitro benzene ring substituents is 1. The van der Waals surface area contributed by atoms with E-state index in [9.17, 15) is 19.7 Å². The van der Waals surface area contributed by atoms with Gasteiger partial charge in [-0.05, 0) is 36.4 Å². The molecule has 0 aliphatic carbocycles. The molecular formula is C22H25ClN4O4. The molecule has 0 spiro atoms. The number of piperazine rings is 1. The van der Waals surface area contributed by atoms with Crippen LogP contribution in [0.4, 0.5) is 17.1 Å². The lowest BCUT2D eigenvalue weighted by atomic mass is 9.94. The van der Waals surface area contributed by atoms with Crippen molar-refractivity contribution in [3.63, 3.8) is 0 Å². The van der Waals surface area contributed by atoms with Crippen LogP contribution in [0.3, 0.4) is 0 Å². The Labute approximate surface area is 185 Å². The van der Waals surface area contributed by atoms with Crippen LogP contribution >= 0.6 is 11.6 Å². The molecule has 9 heteroatoms. The van der Waals surface area contributed by atoms with Crippen molar-refractivity contribution in [2.75, 3.05) is 36.4 Å². The monoisotopic (exact) mass is 444 g/mol. The van der Waals surface area contributed by atoms with Gasteiger partial charge in [-0.2, -0.15) is 0 Å². The molecule has 8 nitrogen and oxygen atoms in total. The average molecular weight is 445 g/mol. The predicted molar refractivity (Wildman–Crippen MR) is 121 cm³/mol. The zero-order valence-electron chi connectivity index (χ0n) is 17.7.